The lowest BCUT2D eigenvalue weighted by Gasteiger charge is -2.20. The minimum atomic E-state index is -0.843. The highest BCUT2D eigenvalue weighted by molar-refractivity contribution is 5.76. The molecular formula is C72H141NO5. The van der Waals surface area contributed by atoms with Gasteiger partial charge in [0.1, 0.15) is 0 Å². The number of ether oxygens (including phenoxy) is 1. The van der Waals surface area contributed by atoms with E-state index in [1.54, 1.807) is 6.08 Å². The first kappa shape index (κ1) is 76.6. The lowest BCUT2D eigenvalue weighted by Crippen LogP contribution is -2.45. The van der Waals surface area contributed by atoms with Crippen LogP contribution in [0.15, 0.2) is 12.2 Å². The van der Waals surface area contributed by atoms with Crippen molar-refractivity contribution < 1.29 is 24.5 Å². The van der Waals surface area contributed by atoms with Gasteiger partial charge in [0.05, 0.1) is 25.4 Å². The van der Waals surface area contributed by atoms with E-state index in [0.717, 1.165) is 38.5 Å². The second kappa shape index (κ2) is 68.1. The van der Waals surface area contributed by atoms with Crippen LogP contribution >= 0.6 is 0 Å². The Bertz CT molecular complexity index is 1180. The number of hydrogen-bond acceptors (Lipinski definition) is 5. The van der Waals surface area contributed by atoms with Crippen LogP contribution in [0.5, 0.6) is 0 Å². The Morgan fingerprint density at radius 1 is 0.346 bits per heavy atom. The quantitative estimate of drug-likeness (QED) is 0.0320. The molecule has 78 heavy (non-hydrogen) atoms. The van der Waals surface area contributed by atoms with Crippen molar-refractivity contribution in [1.82, 2.24) is 5.32 Å². The van der Waals surface area contributed by atoms with Crippen LogP contribution in [-0.2, 0) is 14.3 Å². The molecule has 0 radical (unpaired) electrons. The Balaban J connectivity index is 3.36. The van der Waals surface area contributed by atoms with Gasteiger partial charge in [-0.15, -0.1) is 0 Å². The molecule has 0 saturated carbocycles. The van der Waals surface area contributed by atoms with Gasteiger partial charge in [-0.2, -0.15) is 0 Å². The number of aliphatic hydroxyl groups is 2. The largest absolute Gasteiger partial charge is 0.466 e. The molecule has 0 heterocycles. The smallest absolute Gasteiger partial charge is 0.305 e. The SMILES string of the molecule is CCCCCCCCCCCCCCCCCC/C=C/C(O)C(CO)NC(=O)CCCCCCCCCCCCCCCCCCCCCCCCCCOC(=O)CCCCCCCCCCCCCCCCCCCCC. The summed E-state index contributed by atoms with van der Waals surface area (Å²) in [6.45, 7) is 4.95. The maximum atomic E-state index is 12.5. The second-order valence-electron chi connectivity index (χ2n) is 24.9. The summed E-state index contributed by atoms with van der Waals surface area (Å²) in [5.74, 6) is -0.0418. The maximum absolute atomic E-state index is 12.5. The Kier molecular flexibility index (Phi) is 66.9. The van der Waals surface area contributed by atoms with Crippen molar-refractivity contribution in [3.05, 3.63) is 12.2 Å². The molecule has 0 aliphatic carbocycles. The summed E-state index contributed by atoms with van der Waals surface area (Å²) >= 11 is 0. The number of unbranched alkanes of at least 4 members (excludes halogenated alkanes) is 57. The highest BCUT2D eigenvalue weighted by atomic mass is 16.5. The molecule has 0 aromatic carbocycles. The van der Waals surface area contributed by atoms with E-state index in [1.807, 2.05) is 6.08 Å². The van der Waals surface area contributed by atoms with E-state index in [4.69, 9.17) is 4.74 Å². The number of amides is 1. The Morgan fingerprint density at radius 2 is 0.590 bits per heavy atom. The topological polar surface area (TPSA) is 95.9 Å². The summed E-state index contributed by atoms with van der Waals surface area (Å²) in [6, 6.07) is -0.627. The van der Waals surface area contributed by atoms with Gasteiger partial charge >= 0.3 is 5.97 Å². The van der Waals surface area contributed by atoms with Gasteiger partial charge in [-0.1, -0.05) is 379 Å². The number of rotatable bonds is 68. The number of carbonyl (C=O) groups is 2. The molecule has 0 bridgehead atoms. The number of carbonyl (C=O) groups excluding carboxylic acids is 2. The first-order chi connectivity index (χ1) is 38.5. The molecule has 0 spiro atoms. The van der Waals surface area contributed by atoms with Crippen molar-refractivity contribution in [2.24, 2.45) is 0 Å². The van der Waals surface area contributed by atoms with Crippen molar-refractivity contribution in [3.8, 4) is 0 Å². The molecular weight excluding hydrogens is 959 g/mol. The van der Waals surface area contributed by atoms with Gasteiger partial charge in [-0.25, -0.2) is 0 Å². The van der Waals surface area contributed by atoms with Crippen LogP contribution in [0.3, 0.4) is 0 Å². The molecule has 464 valence electrons. The number of esters is 1. The fraction of sp³-hybridized carbons (Fsp3) is 0.944. The van der Waals surface area contributed by atoms with Gasteiger partial charge in [-0.3, -0.25) is 9.59 Å². The average molecular weight is 1100 g/mol. The Hall–Kier alpha value is -1.40. The molecule has 6 heteroatoms. The summed E-state index contributed by atoms with van der Waals surface area (Å²) in [7, 11) is 0. The first-order valence-electron chi connectivity index (χ1n) is 36.0. The van der Waals surface area contributed by atoms with Crippen molar-refractivity contribution >= 4 is 11.9 Å². The molecule has 0 aromatic rings. The highest BCUT2D eigenvalue weighted by Gasteiger charge is 2.18. The van der Waals surface area contributed by atoms with Gasteiger partial charge in [0.2, 0.25) is 5.91 Å². The summed E-state index contributed by atoms with van der Waals surface area (Å²) in [5.41, 5.74) is 0. The van der Waals surface area contributed by atoms with E-state index in [1.165, 1.54) is 347 Å². The monoisotopic (exact) mass is 1100 g/mol. The predicted molar refractivity (Wildman–Crippen MR) is 343 cm³/mol. The highest BCUT2D eigenvalue weighted by Crippen LogP contribution is 2.19. The van der Waals surface area contributed by atoms with Gasteiger partial charge in [0.15, 0.2) is 0 Å². The minimum Gasteiger partial charge on any atom is -0.466 e. The van der Waals surface area contributed by atoms with Crippen molar-refractivity contribution in [1.29, 1.82) is 0 Å². The fourth-order valence-corrected chi connectivity index (χ4v) is 11.6. The zero-order chi connectivity index (χ0) is 56.4. The van der Waals surface area contributed by atoms with Crippen molar-refractivity contribution in [2.45, 2.75) is 424 Å². The van der Waals surface area contributed by atoms with Gasteiger partial charge in [0, 0.05) is 12.8 Å². The van der Waals surface area contributed by atoms with Crippen LogP contribution in [0.1, 0.15) is 412 Å². The summed E-state index contributed by atoms with van der Waals surface area (Å²) < 4.78 is 5.52. The molecule has 0 aliphatic heterocycles. The number of allylic oxidation sites excluding steroid dienone is 1. The van der Waals surface area contributed by atoms with Crippen molar-refractivity contribution in [2.75, 3.05) is 13.2 Å². The Labute approximate surface area is 489 Å². The molecule has 0 aliphatic rings. The number of hydrogen-bond donors (Lipinski definition) is 3. The average Bonchev–Trinajstić information content (AvgIpc) is 3.44. The van der Waals surface area contributed by atoms with E-state index < -0.39 is 12.1 Å². The Morgan fingerprint density at radius 3 is 0.872 bits per heavy atom. The van der Waals surface area contributed by atoms with E-state index in [9.17, 15) is 19.8 Å². The summed E-state index contributed by atoms with van der Waals surface area (Å²) in [6.07, 6.45) is 84.3. The van der Waals surface area contributed by atoms with Gasteiger partial charge in [0.25, 0.3) is 0 Å². The van der Waals surface area contributed by atoms with Crippen LogP contribution in [-0.4, -0.2) is 47.4 Å². The lowest BCUT2D eigenvalue weighted by molar-refractivity contribution is -0.143. The van der Waals surface area contributed by atoms with E-state index in [2.05, 4.69) is 19.2 Å². The number of aliphatic hydroxyl groups excluding tert-OH is 2. The molecule has 6 nitrogen and oxygen atoms in total. The molecule has 1 amide bonds. The lowest BCUT2D eigenvalue weighted by atomic mass is 10.0. The minimum absolute atomic E-state index is 0.0209. The first-order valence-corrected chi connectivity index (χ1v) is 36.0. The zero-order valence-corrected chi connectivity index (χ0v) is 53.2. The predicted octanol–water partition coefficient (Wildman–Crippen LogP) is 23.1. The molecule has 0 saturated heterocycles. The maximum Gasteiger partial charge on any atom is 0.305 e. The third kappa shape index (κ3) is 63.8. The molecule has 3 N–H and O–H groups in total. The number of nitrogens with one attached hydrogen (secondary N) is 1. The molecule has 2 unspecified atom stereocenters. The third-order valence-electron chi connectivity index (χ3n) is 17.1. The van der Waals surface area contributed by atoms with Crippen LogP contribution in [0, 0.1) is 0 Å². The summed E-state index contributed by atoms with van der Waals surface area (Å²) in [5, 5.41) is 23.2. The van der Waals surface area contributed by atoms with Crippen LogP contribution in [0.4, 0.5) is 0 Å². The standard InChI is InChI=1S/C72H141NO5/c1-3-5-7-9-11-13-15-17-19-21-29-34-38-42-46-50-54-58-62-66-72(77)78-67-63-59-55-51-47-43-39-35-31-28-26-24-23-25-27-30-33-37-41-45-49-53-57-61-65-71(76)73-69(68-74)70(75)64-60-56-52-48-44-40-36-32-22-20-18-16-14-12-10-8-6-4-2/h60,64,69-70,74-75H,3-59,61-63,65-68H2,1-2H3,(H,73,76)/b64-60+. The van der Waals surface area contributed by atoms with Crippen LogP contribution in [0.2, 0.25) is 0 Å². The van der Waals surface area contributed by atoms with Crippen LogP contribution in [0.25, 0.3) is 0 Å². The molecule has 0 fully saturated rings. The van der Waals surface area contributed by atoms with E-state index in [-0.39, 0.29) is 18.5 Å². The zero-order valence-electron chi connectivity index (χ0n) is 53.2. The van der Waals surface area contributed by atoms with Gasteiger partial charge in [-0.05, 0) is 32.1 Å². The summed E-state index contributed by atoms with van der Waals surface area (Å²) in [4.78, 5) is 24.6. The molecule has 2 atom stereocenters. The fourth-order valence-electron chi connectivity index (χ4n) is 11.6. The van der Waals surface area contributed by atoms with E-state index >= 15 is 0 Å². The van der Waals surface area contributed by atoms with Crippen molar-refractivity contribution in [3.63, 3.8) is 0 Å². The molecule has 0 aromatic heterocycles. The normalized spacial score (nSPS) is 12.5. The van der Waals surface area contributed by atoms with E-state index in [0.29, 0.717) is 19.4 Å². The third-order valence-corrected chi connectivity index (χ3v) is 17.1. The molecule has 0 rings (SSSR count). The van der Waals surface area contributed by atoms with Crippen LogP contribution < -0.4 is 5.32 Å². The van der Waals surface area contributed by atoms with Gasteiger partial charge < -0.3 is 20.3 Å². The second-order valence-corrected chi connectivity index (χ2v) is 24.9.